The number of carbonyl (C=O) groups excluding carboxylic acids is 1. The first-order valence-electron chi connectivity index (χ1n) is 6.91. The SMILES string of the molecule is COCc1cc(CNC(=O)[C@H](C)Oc2ccc(F)cc2F)[nH]n1. The van der Waals surface area contributed by atoms with Crippen LogP contribution in [0.2, 0.25) is 0 Å². The molecule has 1 heterocycles. The van der Waals surface area contributed by atoms with Gasteiger partial charge in [-0.05, 0) is 25.1 Å². The predicted octanol–water partition coefficient (Wildman–Crippen LogP) is 1.92. The second-order valence-electron chi connectivity index (χ2n) is 4.87. The minimum absolute atomic E-state index is 0.182. The van der Waals surface area contributed by atoms with Gasteiger partial charge in [0.1, 0.15) is 5.82 Å². The van der Waals surface area contributed by atoms with Gasteiger partial charge in [-0.25, -0.2) is 8.78 Å². The number of ether oxygens (including phenoxy) is 2. The van der Waals surface area contributed by atoms with Crippen molar-refractivity contribution in [3.63, 3.8) is 0 Å². The molecule has 1 amide bonds. The molecule has 8 heteroatoms. The first-order valence-corrected chi connectivity index (χ1v) is 6.91. The summed E-state index contributed by atoms with van der Waals surface area (Å²) < 4.78 is 36.4. The molecule has 0 aliphatic carbocycles. The lowest BCUT2D eigenvalue weighted by Crippen LogP contribution is -2.36. The molecule has 0 bridgehead atoms. The summed E-state index contributed by atoms with van der Waals surface area (Å²) in [6, 6.07) is 4.65. The molecule has 0 fully saturated rings. The number of hydrogen-bond acceptors (Lipinski definition) is 4. The summed E-state index contributed by atoms with van der Waals surface area (Å²) in [7, 11) is 1.56. The molecule has 0 unspecified atom stereocenters. The Kier molecular flexibility index (Phi) is 5.64. The molecule has 1 aromatic heterocycles. The average molecular weight is 325 g/mol. The molecule has 0 aliphatic heterocycles. The summed E-state index contributed by atoms with van der Waals surface area (Å²) in [6.07, 6.45) is -0.934. The molecule has 0 spiro atoms. The van der Waals surface area contributed by atoms with Crippen LogP contribution in [0.3, 0.4) is 0 Å². The summed E-state index contributed by atoms with van der Waals surface area (Å²) in [5.41, 5.74) is 1.42. The molecule has 2 aromatic rings. The van der Waals surface area contributed by atoms with E-state index in [2.05, 4.69) is 15.5 Å². The van der Waals surface area contributed by atoms with Crippen LogP contribution in [0, 0.1) is 11.6 Å². The lowest BCUT2D eigenvalue weighted by Gasteiger charge is -2.14. The number of halogens is 2. The molecule has 1 aromatic carbocycles. The number of rotatable bonds is 7. The summed E-state index contributed by atoms with van der Waals surface area (Å²) in [6.45, 7) is 2.06. The van der Waals surface area contributed by atoms with E-state index in [9.17, 15) is 13.6 Å². The quantitative estimate of drug-likeness (QED) is 0.815. The Morgan fingerprint density at radius 2 is 2.17 bits per heavy atom. The van der Waals surface area contributed by atoms with Crippen LogP contribution in [-0.2, 0) is 22.7 Å². The van der Waals surface area contributed by atoms with Crippen LogP contribution in [0.1, 0.15) is 18.3 Å². The second-order valence-corrected chi connectivity index (χ2v) is 4.87. The molecule has 2 rings (SSSR count). The van der Waals surface area contributed by atoms with E-state index in [0.717, 1.165) is 17.8 Å². The largest absolute Gasteiger partial charge is 0.478 e. The Morgan fingerprint density at radius 1 is 1.39 bits per heavy atom. The molecule has 1 atom stereocenters. The fourth-order valence-electron chi connectivity index (χ4n) is 1.86. The molecule has 6 nitrogen and oxygen atoms in total. The van der Waals surface area contributed by atoms with Crippen LogP contribution < -0.4 is 10.1 Å². The van der Waals surface area contributed by atoms with Crippen LogP contribution in [0.25, 0.3) is 0 Å². The third-order valence-corrected chi connectivity index (χ3v) is 3.00. The van der Waals surface area contributed by atoms with Crippen molar-refractivity contribution in [3.05, 3.63) is 47.3 Å². The van der Waals surface area contributed by atoms with E-state index in [4.69, 9.17) is 9.47 Å². The number of aromatic nitrogens is 2. The minimum Gasteiger partial charge on any atom is -0.478 e. The van der Waals surface area contributed by atoms with Gasteiger partial charge in [0.25, 0.3) is 5.91 Å². The first-order chi connectivity index (χ1) is 11.0. The lowest BCUT2D eigenvalue weighted by atomic mass is 10.3. The van der Waals surface area contributed by atoms with Crippen LogP contribution in [0.15, 0.2) is 24.3 Å². The van der Waals surface area contributed by atoms with E-state index >= 15 is 0 Å². The first kappa shape index (κ1) is 16.9. The molecule has 0 saturated carbocycles. The number of H-pyrrole nitrogens is 1. The standard InChI is InChI=1S/C15H17F2N3O3/c1-9(23-14-4-3-10(16)5-13(14)17)15(21)18-7-11-6-12(8-22-2)20-19-11/h3-6,9H,7-8H2,1-2H3,(H,18,21)(H,19,20)/t9-/m0/s1. The van der Waals surface area contributed by atoms with Gasteiger partial charge in [-0.3, -0.25) is 9.89 Å². The highest BCUT2D eigenvalue weighted by atomic mass is 19.1. The molecule has 0 aliphatic rings. The molecule has 2 N–H and O–H groups in total. The van der Waals surface area contributed by atoms with Gasteiger partial charge in [0.2, 0.25) is 0 Å². The second kappa shape index (κ2) is 7.68. The molecule has 0 radical (unpaired) electrons. The van der Waals surface area contributed by atoms with Crippen LogP contribution in [-0.4, -0.2) is 29.3 Å². The third kappa shape index (κ3) is 4.75. The predicted molar refractivity (Wildman–Crippen MR) is 77.6 cm³/mol. The molecule has 124 valence electrons. The van der Waals surface area contributed by atoms with Gasteiger partial charge in [-0.2, -0.15) is 5.10 Å². The van der Waals surface area contributed by atoms with Crippen molar-refractivity contribution < 1.29 is 23.0 Å². The van der Waals surface area contributed by atoms with E-state index in [1.165, 1.54) is 6.92 Å². The Morgan fingerprint density at radius 3 is 2.87 bits per heavy atom. The van der Waals surface area contributed by atoms with E-state index in [-0.39, 0.29) is 12.3 Å². The number of methoxy groups -OCH3 is 1. The zero-order valence-electron chi connectivity index (χ0n) is 12.7. The monoisotopic (exact) mass is 325 g/mol. The van der Waals surface area contributed by atoms with Gasteiger partial charge in [0.05, 0.1) is 24.5 Å². The number of aromatic amines is 1. The molecule has 0 saturated heterocycles. The van der Waals surface area contributed by atoms with Gasteiger partial charge in [-0.1, -0.05) is 0 Å². The summed E-state index contributed by atoms with van der Waals surface area (Å²) in [4.78, 5) is 11.9. The zero-order valence-corrected chi connectivity index (χ0v) is 12.7. The van der Waals surface area contributed by atoms with E-state index in [1.807, 2.05) is 0 Å². The highest BCUT2D eigenvalue weighted by molar-refractivity contribution is 5.80. The normalized spacial score (nSPS) is 12.0. The van der Waals surface area contributed by atoms with Crippen molar-refractivity contribution >= 4 is 5.91 Å². The Labute approximate surface area is 131 Å². The number of amides is 1. The number of nitrogens with zero attached hydrogens (tertiary/aromatic N) is 1. The minimum atomic E-state index is -0.934. The summed E-state index contributed by atoms with van der Waals surface area (Å²) in [5.74, 6) is -2.19. The Hall–Kier alpha value is -2.48. The van der Waals surface area contributed by atoms with E-state index in [1.54, 1.807) is 13.2 Å². The van der Waals surface area contributed by atoms with E-state index < -0.39 is 23.6 Å². The van der Waals surface area contributed by atoms with Crippen LogP contribution >= 0.6 is 0 Å². The number of hydrogen-bond donors (Lipinski definition) is 2. The van der Waals surface area contributed by atoms with Crippen molar-refractivity contribution in [3.8, 4) is 5.75 Å². The maximum Gasteiger partial charge on any atom is 0.261 e. The van der Waals surface area contributed by atoms with Crippen molar-refractivity contribution in [2.75, 3.05) is 7.11 Å². The highest BCUT2D eigenvalue weighted by Crippen LogP contribution is 2.19. The number of nitrogens with one attached hydrogen (secondary N) is 2. The maximum atomic E-state index is 13.5. The van der Waals surface area contributed by atoms with Crippen molar-refractivity contribution in [2.24, 2.45) is 0 Å². The smallest absolute Gasteiger partial charge is 0.261 e. The Bertz CT molecular complexity index is 676. The van der Waals surface area contributed by atoms with Crippen molar-refractivity contribution in [1.82, 2.24) is 15.5 Å². The fourth-order valence-corrected chi connectivity index (χ4v) is 1.86. The van der Waals surface area contributed by atoms with Gasteiger partial charge in [-0.15, -0.1) is 0 Å². The Balaban J connectivity index is 1.86. The third-order valence-electron chi connectivity index (χ3n) is 3.00. The average Bonchev–Trinajstić information content (AvgIpc) is 2.95. The molecular formula is C15H17F2N3O3. The van der Waals surface area contributed by atoms with Gasteiger partial charge >= 0.3 is 0 Å². The van der Waals surface area contributed by atoms with Gasteiger partial charge in [0, 0.05) is 13.2 Å². The highest BCUT2D eigenvalue weighted by Gasteiger charge is 2.17. The fraction of sp³-hybridized carbons (Fsp3) is 0.333. The number of carbonyl (C=O) groups is 1. The van der Waals surface area contributed by atoms with Gasteiger partial charge in [0.15, 0.2) is 17.7 Å². The van der Waals surface area contributed by atoms with E-state index in [0.29, 0.717) is 18.4 Å². The zero-order chi connectivity index (χ0) is 16.8. The molecular weight excluding hydrogens is 308 g/mol. The summed E-state index contributed by atoms with van der Waals surface area (Å²) >= 11 is 0. The lowest BCUT2D eigenvalue weighted by molar-refractivity contribution is -0.127. The van der Waals surface area contributed by atoms with Gasteiger partial charge < -0.3 is 14.8 Å². The number of benzene rings is 1. The topological polar surface area (TPSA) is 76.2 Å². The van der Waals surface area contributed by atoms with Crippen LogP contribution in [0.5, 0.6) is 5.75 Å². The van der Waals surface area contributed by atoms with Crippen molar-refractivity contribution in [2.45, 2.75) is 26.2 Å². The van der Waals surface area contributed by atoms with Crippen LogP contribution in [0.4, 0.5) is 8.78 Å². The maximum absolute atomic E-state index is 13.5. The summed E-state index contributed by atoms with van der Waals surface area (Å²) in [5, 5.41) is 9.39. The van der Waals surface area contributed by atoms with Crippen molar-refractivity contribution in [1.29, 1.82) is 0 Å². The molecule has 23 heavy (non-hydrogen) atoms.